The van der Waals surface area contributed by atoms with Gasteiger partial charge in [0.05, 0.1) is 0 Å². The highest BCUT2D eigenvalue weighted by molar-refractivity contribution is 5.81. The summed E-state index contributed by atoms with van der Waals surface area (Å²) in [5.41, 5.74) is 5.07. The van der Waals surface area contributed by atoms with Crippen LogP contribution in [-0.4, -0.2) is 35.3 Å². The zero-order chi connectivity index (χ0) is 18.6. The first-order chi connectivity index (χ1) is 13.3. The molecule has 2 aromatic carbocycles. The van der Waals surface area contributed by atoms with E-state index in [4.69, 9.17) is 0 Å². The molecule has 1 fully saturated rings. The second kappa shape index (κ2) is 8.26. The number of rotatable bonds is 4. The van der Waals surface area contributed by atoms with Crippen LogP contribution in [-0.2, 0) is 17.9 Å². The first-order valence-electron chi connectivity index (χ1n) is 10.4. The molecule has 0 aromatic heterocycles. The molecule has 0 bridgehead atoms. The maximum absolute atomic E-state index is 13.4. The fourth-order valence-electron chi connectivity index (χ4n) is 4.51. The fraction of sp³-hybridized carbons (Fsp3) is 0.458. The summed E-state index contributed by atoms with van der Waals surface area (Å²) < 4.78 is 0. The van der Waals surface area contributed by atoms with E-state index in [1.807, 2.05) is 0 Å². The SMILES string of the molecule is CCCCN1CCC(C(=O)N2Cc3ccccc3-c3ccccc3C2)CC1. The number of piperidine rings is 1. The number of benzene rings is 2. The Kier molecular flexibility index (Phi) is 5.58. The molecule has 2 heterocycles. The molecule has 142 valence electrons. The van der Waals surface area contributed by atoms with Crippen molar-refractivity contribution in [2.45, 2.75) is 45.7 Å². The Balaban J connectivity index is 1.51. The van der Waals surface area contributed by atoms with E-state index >= 15 is 0 Å². The van der Waals surface area contributed by atoms with Crippen molar-refractivity contribution in [1.82, 2.24) is 9.80 Å². The summed E-state index contributed by atoms with van der Waals surface area (Å²) in [6, 6.07) is 17.1. The average molecular weight is 363 g/mol. The number of nitrogens with zero attached hydrogens (tertiary/aromatic N) is 2. The fourth-order valence-corrected chi connectivity index (χ4v) is 4.51. The van der Waals surface area contributed by atoms with Crippen LogP contribution in [0.1, 0.15) is 43.7 Å². The van der Waals surface area contributed by atoms with Crippen LogP contribution in [0.15, 0.2) is 48.5 Å². The van der Waals surface area contributed by atoms with Gasteiger partial charge in [0.2, 0.25) is 5.91 Å². The van der Waals surface area contributed by atoms with Crippen molar-refractivity contribution in [1.29, 1.82) is 0 Å². The lowest BCUT2D eigenvalue weighted by Gasteiger charge is -2.34. The average Bonchev–Trinajstić information content (AvgIpc) is 2.89. The maximum Gasteiger partial charge on any atom is 0.226 e. The van der Waals surface area contributed by atoms with E-state index in [1.54, 1.807) is 0 Å². The van der Waals surface area contributed by atoms with Gasteiger partial charge in [-0.25, -0.2) is 0 Å². The van der Waals surface area contributed by atoms with E-state index in [2.05, 4.69) is 65.3 Å². The molecule has 2 aliphatic rings. The highest BCUT2D eigenvalue weighted by Crippen LogP contribution is 2.33. The molecule has 0 spiro atoms. The second-order valence-electron chi connectivity index (χ2n) is 7.98. The summed E-state index contributed by atoms with van der Waals surface area (Å²) in [6.45, 7) is 7.00. The maximum atomic E-state index is 13.4. The van der Waals surface area contributed by atoms with Crippen molar-refractivity contribution < 1.29 is 4.79 Å². The van der Waals surface area contributed by atoms with Gasteiger partial charge >= 0.3 is 0 Å². The summed E-state index contributed by atoms with van der Waals surface area (Å²) in [4.78, 5) is 18.0. The predicted molar refractivity (Wildman–Crippen MR) is 110 cm³/mol. The van der Waals surface area contributed by atoms with Crippen LogP contribution < -0.4 is 0 Å². The van der Waals surface area contributed by atoms with Crippen molar-refractivity contribution in [2.24, 2.45) is 5.92 Å². The van der Waals surface area contributed by atoms with Crippen LogP contribution in [0.25, 0.3) is 11.1 Å². The lowest BCUT2D eigenvalue weighted by Crippen LogP contribution is -2.42. The molecule has 4 rings (SSSR count). The zero-order valence-electron chi connectivity index (χ0n) is 16.4. The number of fused-ring (bicyclic) bond motifs is 3. The van der Waals surface area contributed by atoms with E-state index < -0.39 is 0 Å². The Morgan fingerprint density at radius 2 is 1.48 bits per heavy atom. The van der Waals surface area contributed by atoms with Crippen molar-refractivity contribution in [3.63, 3.8) is 0 Å². The molecule has 2 aliphatic heterocycles. The Morgan fingerprint density at radius 3 is 2.04 bits per heavy atom. The number of hydrogen-bond acceptors (Lipinski definition) is 2. The van der Waals surface area contributed by atoms with Crippen LogP contribution in [0.2, 0.25) is 0 Å². The molecule has 1 saturated heterocycles. The standard InChI is InChI=1S/C24H30N2O/c1-2-3-14-25-15-12-19(13-16-25)24(27)26-17-20-8-4-6-10-22(20)23-11-7-5-9-21(23)18-26/h4-11,19H,2-3,12-18H2,1H3. The third kappa shape index (κ3) is 3.93. The predicted octanol–water partition coefficient (Wildman–Crippen LogP) is 4.71. The quantitative estimate of drug-likeness (QED) is 0.786. The van der Waals surface area contributed by atoms with Gasteiger partial charge in [-0.1, -0.05) is 61.9 Å². The van der Waals surface area contributed by atoms with Crippen LogP contribution in [0, 0.1) is 5.92 Å². The van der Waals surface area contributed by atoms with Crippen LogP contribution in [0.3, 0.4) is 0 Å². The number of carbonyl (C=O) groups excluding carboxylic acids is 1. The van der Waals surface area contributed by atoms with Gasteiger partial charge in [-0.2, -0.15) is 0 Å². The Morgan fingerprint density at radius 1 is 0.926 bits per heavy atom. The number of unbranched alkanes of at least 4 members (excludes halogenated alkanes) is 1. The Hall–Kier alpha value is -2.13. The molecule has 0 saturated carbocycles. The Labute approximate surface area is 163 Å². The van der Waals surface area contributed by atoms with Crippen LogP contribution >= 0.6 is 0 Å². The highest BCUT2D eigenvalue weighted by atomic mass is 16.2. The molecule has 0 unspecified atom stereocenters. The van der Waals surface area contributed by atoms with E-state index in [9.17, 15) is 4.79 Å². The molecule has 0 atom stereocenters. The smallest absolute Gasteiger partial charge is 0.226 e. The van der Waals surface area contributed by atoms with E-state index in [0.29, 0.717) is 5.91 Å². The summed E-state index contributed by atoms with van der Waals surface area (Å²) in [6.07, 6.45) is 4.51. The highest BCUT2D eigenvalue weighted by Gasteiger charge is 2.30. The Bertz CT molecular complexity index is 745. The third-order valence-electron chi connectivity index (χ3n) is 6.12. The van der Waals surface area contributed by atoms with Crippen LogP contribution in [0.5, 0.6) is 0 Å². The summed E-state index contributed by atoms with van der Waals surface area (Å²) in [7, 11) is 0. The second-order valence-corrected chi connectivity index (χ2v) is 7.98. The molecule has 0 N–H and O–H groups in total. The minimum absolute atomic E-state index is 0.181. The molecule has 3 nitrogen and oxygen atoms in total. The zero-order valence-corrected chi connectivity index (χ0v) is 16.4. The first-order valence-corrected chi connectivity index (χ1v) is 10.4. The number of amides is 1. The molecule has 2 aromatic rings. The van der Waals surface area contributed by atoms with Gasteiger partial charge in [0, 0.05) is 19.0 Å². The van der Waals surface area contributed by atoms with Gasteiger partial charge in [-0.05, 0) is 61.2 Å². The van der Waals surface area contributed by atoms with Gasteiger partial charge in [-0.15, -0.1) is 0 Å². The minimum Gasteiger partial charge on any atom is -0.334 e. The van der Waals surface area contributed by atoms with Gasteiger partial charge < -0.3 is 9.80 Å². The number of hydrogen-bond donors (Lipinski definition) is 0. The lowest BCUT2D eigenvalue weighted by atomic mass is 9.94. The summed E-state index contributed by atoms with van der Waals surface area (Å²) in [5, 5.41) is 0. The largest absolute Gasteiger partial charge is 0.334 e. The lowest BCUT2D eigenvalue weighted by molar-refractivity contribution is -0.138. The molecule has 27 heavy (non-hydrogen) atoms. The third-order valence-corrected chi connectivity index (χ3v) is 6.12. The van der Waals surface area contributed by atoms with Gasteiger partial charge in [0.1, 0.15) is 0 Å². The molecule has 3 heteroatoms. The summed E-state index contributed by atoms with van der Waals surface area (Å²) >= 11 is 0. The van der Waals surface area contributed by atoms with Crippen molar-refractivity contribution in [3.8, 4) is 11.1 Å². The van der Waals surface area contributed by atoms with Crippen molar-refractivity contribution in [2.75, 3.05) is 19.6 Å². The van der Waals surface area contributed by atoms with E-state index in [-0.39, 0.29) is 5.92 Å². The number of likely N-dealkylation sites (tertiary alicyclic amines) is 1. The van der Waals surface area contributed by atoms with Gasteiger partial charge in [-0.3, -0.25) is 4.79 Å². The first kappa shape index (κ1) is 18.2. The summed E-state index contributed by atoms with van der Waals surface area (Å²) in [5.74, 6) is 0.525. The van der Waals surface area contributed by atoms with E-state index in [0.717, 1.165) is 39.0 Å². The number of carbonyl (C=O) groups is 1. The molecule has 0 aliphatic carbocycles. The minimum atomic E-state index is 0.181. The monoisotopic (exact) mass is 362 g/mol. The molecular weight excluding hydrogens is 332 g/mol. The molecular formula is C24H30N2O. The molecule has 0 radical (unpaired) electrons. The van der Waals surface area contributed by atoms with E-state index in [1.165, 1.54) is 41.6 Å². The molecule has 1 amide bonds. The topological polar surface area (TPSA) is 23.6 Å². The van der Waals surface area contributed by atoms with Crippen LogP contribution in [0.4, 0.5) is 0 Å². The van der Waals surface area contributed by atoms with Crippen molar-refractivity contribution >= 4 is 5.91 Å². The normalized spacial score (nSPS) is 17.9. The van der Waals surface area contributed by atoms with Gasteiger partial charge in [0.15, 0.2) is 0 Å². The van der Waals surface area contributed by atoms with Gasteiger partial charge in [0.25, 0.3) is 0 Å². The van der Waals surface area contributed by atoms with Crippen molar-refractivity contribution in [3.05, 3.63) is 59.7 Å².